The summed E-state index contributed by atoms with van der Waals surface area (Å²) in [6.45, 7) is 0. The van der Waals surface area contributed by atoms with Gasteiger partial charge < -0.3 is 10.5 Å². The molecule has 0 bridgehead atoms. The zero-order chi connectivity index (χ0) is 7.56. The van der Waals surface area contributed by atoms with Gasteiger partial charge in [-0.1, -0.05) is 6.42 Å². The lowest BCUT2D eigenvalue weighted by molar-refractivity contribution is -0.145. The van der Waals surface area contributed by atoms with Gasteiger partial charge in [0.1, 0.15) is 0 Å². The number of carbonyl (C=O) groups is 1. The van der Waals surface area contributed by atoms with Crippen molar-refractivity contribution in [2.75, 3.05) is 7.11 Å². The number of rotatable bonds is 1. The van der Waals surface area contributed by atoms with Crippen molar-refractivity contribution >= 4 is 5.97 Å². The minimum absolute atomic E-state index is 0.0347. The number of methoxy groups -OCH3 is 1. The normalized spacial score (nSPS) is 32.2. The molecule has 0 heterocycles. The van der Waals surface area contributed by atoms with Crippen LogP contribution in [0.25, 0.3) is 0 Å². The highest BCUT2D eigenvalue weighted by Gasteiger charge is 2.30. The highest BCUT2D eigenvalue weighted by Crippen LogP contribution is 2.24. The van der Waals surface area contributed by atoms with Crippen molar-refractivity contribution in [2.24, 2.45) is 11.7 Å². The molecule has 0 aromatic rings. The molecule has 10 heavy (non-hydrogen) atoms. The average molecular weight is 143 g/mol. The van der Waals surface area contributed by atoms with Crippen molar-refractivity contribution in [3.63, 3.8) is 0 Å². The molecule has 0 saturated heterocycles. The molecule has 1 aliphatic carbocycles. The third kappa shape index (κ3) is 1.29. The summed E-state index contributed by atoms with van der Waals surface area (Å²) in [5.41, 5.74) is 5.65. The van der Waals surface area contributed by atoms with E-state index in [9.17, 15) is 4.79 Å². The first kappa shape index (κ1) is 7.54. The van der Waals surface area contributed by atoms with Crippen LogP contribution in [0.2, 0.25) is 0 Å². The van der Waals surface area contributed by atoms with Gasteiger partial charge in [0.05, 0.1) is 13.0 Å². The van der Waals surface area contributed by atoms with E-state index in [-0.39, 0.29) is 17.9 Å². The first-order valence-electron chi connectivity index (χ1n) is 3.59. The molecule has 3 nitrogen and oxygen atoms in total. The van der Waals surface area contributed by atoms with E-state index in [0.29, 0.717) is 0 Å². The van der Waals surface area contributed by atoms with Gasteiger partial charge >= 0.3 is 5.97 Å². The zero-order valence-electron chi connectivity index (χ0n) is 6.17. The predicted octanol–water partition coefficient (Wildman–Crippen LogP) is 0.287. The van der Waals surface area contributed by atoms with Crippen LogP contribution in [0, 0.1) is 5.92 Å². The first-order chi connectivity index (χ1) is 4.75. The molecule has 0 spiro atoms. The number of hydrogen-bond donors (Lipinski definition) is 1. The van der Waals surface area contributed by atoms with E-state index in [1.807, 2.05) is 0 Å². The Bertz CT molecular complexity index is 136. The fourth-order valence-electron chi connectivity index (χ4n) is 1.43. The van der Waals surface area contributed by atoms with Crippen LogP contribution < -0.4 is 5.73 Å². The summed E-state index contributed by atoms with van der Waals surface area (Å²) in [5, 5.41) is 0. The van der Waals surface area contributed by atoms with Gasteiger partial charge in [0.2, 0.25) is 0 Å². The smallest absolute Gasteiger partial charge is 0.310 e. The molecule has 0 amide bonds. The van der Waals surface area contributed by atoms with Crippen LogP contribution >= 0.6 is 0 Å². The Labute approximate surface area is 60.5 Å². The Morgan fingerprint density at radius 3 is 2.70 bits per heavy atom. The molecule has 0 aliphatic heterocycles. The summed E-state index contributed by atoms with van der Waals surface area (Å²) in [6.07, 6.45) is 2.91. The standard InChI is InChI=1S/C7H13NO2/c1-10-7(9)5-3-2-4-6(5)8/h5-6H,2-4,8H2,1H3/t5?,6-/m0/s1. The molecule has 1 rings (SSSR count). The Kier molecular flexibility index (Phi) is 2.27. The maximum Gasteiger partial charge on any atom is 0.310 e. The lowest BCUT2D eigenvalue weighted by atomic mass is 10.1. The first-order valence-corrected chi connectivity index (χ1v) is 3.59. The summed E-state index contributed by atoms with van der Waals surface area (Å²) < 4.78 is 4.59. The van der Waals surface area contributed by atoms with Crippen molar-refractivity contribution in [3.8, 4) is 0 Å². The molecular formula is C7H13NO2. The Morgan fingerprint density at radius 2 is 2.30 bits per heavy atom. The van der Waals surface area contributed by atoms with E-state index in [0.717, 1.165) is 19.3 Å². The second-order valence-corrected chi connectivity index (χ2v) is 2.72. The molecule has 0 aromatic carbocycles. The van der Waals surface area contributed by atoms with Crippen LogP contribution in [-0.2, 0) is 9.53 Å². The van der Waals surface area contributed by atoms with Crippen molar-refractivity contribution in [1.82, 2.24) is 0 Å². The fraction of sp³-hybridized carbons (Fsp3) is 0.857. The van der Waals surface area contributed by atoms with Gasteiger partial charge in [-0.15, -0.1) is 0 Å². The summed E-state index contributed by atoms with van der Waals surface area (Å²) in [4.78, 5) is 10.9. The quantitative estimate of drug-likeness (QED) is 0.537. The van der Waals surface area contributed by atoms with Crippen LogP contribution in [-0.4, -0.2) is 19.1 Å². The van der Waals surface area contributed by atoms with Gasteiger partial charge in [-0.2, -0.15) is 0 Å². The highest BCUT2D eigenvalue weighted by atomic mass is 16.5. The summed E-state index contributed by atoms with van der Waals surface area (Å²) in [5.74, 6) is -0.185. The van der Waals surface area contributed by atoms with Gasteiger partial charge in [0, 0.05) is 6.04 Å². The van der Waals surface area contributed by atoms with Gasteiger partial charge in [-0.05, 0) is 12.8 Å². The largest absolute Gasteiger partial charge is 0.469 e. The summed E-state index contributed by atoms with van der Waals surface area (Å²) >= 11 is 0. The Balaban J connectivity index is 2.46. The fourth-order valence-corrected chi connectivity index (χ4v) is 1.43. The molecule has 3 heteroatoms. The molecule has 2 atom stereocenters. The van der Waals surface area contributed by atoms with Crippen LogP contribution in [0.3, 0.4) is 0 Å². The van der Waals surface area contributed by atoms with Crippen molar-refractivity contribution in [1.29, 1.82) is 0 Å². The molecule has 1 unspecified atom stereocenters. The number of carbonyl (C=O) groups excluding carboxylic acids is 1. The van der Waals surface area contributed by atoms with Crippen LogP contribution in [0.15, 0.2) is 0 Å². The van der Waals surface area contributed by atoms with E-state index in [2.05, 4.69) is 4.74 Å². The van der Waals surface area contributed by atoms with Crippen LogP contribution in [0.4, 0.5) is 0 Å². The summed E-state index contributed by atoms with van der Waals surface area (Å²) in [7, 11) is 1.41. The van der Waals surface area contributed by atoms with Crippen molar-refractivity contribution in [3.05, 3.63) is 0 Å². The lowest BCUT2D eigenvalue weighted by Gasteiger charge is -2.11. The second-order valence-electron chi connectivity index (χ2n) is 2.72. The molecule has 58 valence electrons. The van der Waals surface area contributed by atoms with Crippen LogP contribution in [0.5, 0.6) is 0 Å². The van der Waals surface area contributed by atoms with Crippen molar-refractivity contribution in [2.45, 2.75) is 25.3 Å². The minimum Gasteiger partial charge on any atom is -0.469 e. The minimum atomic E-state index is -0.148. The third-order valence-electron chi connectivity index (χ3n) is 2.07. The molecular weight excluding hydrogens is 130 g/mol. The SMILES string of the molecule is COC(=O)C1CCC[C@@H]1N. The molecule has 1 fully saturated rings. The van der Waals surface area contributed by atoms with Crippen LogP contribution in [0.1, 0.15) is 19.3 Å². The zero-order valence-corrected chi connectivity index (χ0v) is 6.17. The number of esters is 1. The van der Waals surface area contributed by atoms with E-state index in [4.69, 9.17) is 5.73 Å². The second kappa shape index (κ2) is 3.01. The van der Waals surface area contributed by atoms with E-state index in [1.165, 1.54) is 7.11 Å². The van der Waals surface area contributed by atoms with Gasteiger partial charge in [-0.3, -0.25) is 4.79 Å². The van der Waals surface area contributed by atoms with Crippen molar-refractivity contribution < 1.29 is 9.53 Å². The monoisotopic (exact) mass is 143 g/mol. The lowest BCUT2D eigenvalue weighted by Crippen LogP contribution is -2.31. The maximum atomic E-state index is 10.9. The summed E-state index contributed by atoms with van der Waals surface area (Å²) in [6, 6.07) is 0.0347. The van der Waals surface area contributed by atoms with E-state index >= 15 is 0 Å². The number of ether oxygens (including phenoxy) is 1. The molecule has 2 N–H and O–H groups in total. The van der Waals surface area contributed by atoms with Gasteiger partial charge in [0.25, 0.3) is 0 Å². The molecule has 0 aromatic heterocycles. The van der Waals surface area contributed by atoms with E-state index < -0.39 is 0 Å². The topological polar surface area (TPSA) is 52.3 Å². The predicted molar refractivity (Wildman–Crippen MR) is 37.3 cm³/mol. The third-order valence-corrected chi connectivity index (χ3v) is 2.07. The maximum absolute atomic E-state index is 10.9. The molecule has 1 saturated carbocycles. The Hall–Kier alpha value is -0.570. The van der Waals surface area contributed by atoms with Gasteiger partial charge in [0.15, 0.2) is 0 Å². The molecule has 0 radical (unpaired) electrons. The average Bonchev–Trinajstić information content (AvgIpc) is 2.34. The molecule has 1 aliphatic rings. The Morgan fingerprint density at radius 1 is 1.60 bits per heavy atom. The highest BCUT2D eigenvalue weighted by molar-refractivity contribution is 5.73. The van der Waals surface area contributed by atoms with Gasteiger partial charge in [-0.25, -0.2) is 0 Å². The van der Waals surface area contributed by atoms with E-state index in [1.54, 1.807) is 0 Å². The number of hydrogen-bond acceptors (Lipinski definition) is 3. The number of nitrogens with two attached hydrogens (primary N) is 1.